The third-order valence-electron chi connectivity index (χ3n) is 6.91. The zero-order valence-corrected chi connectivity index (χ0v) is 16.2. The van der Waals surface area contributed by atoms with Gasteiger partial charge in [0.2, 0.25) is 5.91 Å². The van der Waals surface area contributed by atoms with E-state index in [0.717, 1.165) is 44.9 Å². The van der Waals surface area contributed by atoms with Crippen molar-refractivity contribution in [1.82, 2.24) is 15.1 Å². The van der Waals surface area contributed by atoms with E-state index in [9.17, 15) is 14.4 Å². The number of urea groups is 1. The maximum absolute atomic E-state index is 13.3. The van der Waals surface area contributed by atoms with Crippen LogP contribution in [0, 0.1) is 0 Å². The molecule has 5 rings (SSSR count). The molecule has 6 nitrogen and oxygen atoms in total. The minimum absolute atomic E-state index is 0.0700. The number of amides is 4. The molecular weight excluding hydrogens is 354 g/mol. The molecule has 0 bridgehead atoms. The lowest BCUT2D eigenvalue weighted by molar-refractivity contribution is -0.141. The molecule has 1 saturated heterocycles. The molecule has 2 saturated carbocycles. The molecule has 1 aliphatic heterocycles. The number of fused-ring (bicyclic) bond motifs is 1. The van der Waals surface area contributed by atoms with Crippen molar-refractivity contribution in [3.63, 3.8) is 0 Å². The molecule has 3 fully saturated rings. The highest BCUT2D eigenvalue weighted by molar-refractivity contribution is 6.09. The van der Waals surface area contributed by atoms with Crippen molar-refractivity contribution in [2.45, 2.75) is 75.4 Å². The number of hydrogen-bond donors (Lipinski definition) is 1. The Labute approximate surface area is 165 Å². The first kappa shape index (κ1) is 17.7. The van der Waals surface area contributed by atoms with E-state index in [2.05, 4.69) is 17.4 Å². The predicted molar refractivity (Wildman–Crippen MR) is 103 cm³/mol. The second-order valence-electron chi connectivity index (χ2n) is 8.75. The molecule has 1 atom stereocenters. The number of imide groups is 1. The van der Waals surface area contributed by atoms with E-state index in [1.54, 1.807) is 0 Å². The van der Waals surface area contributed by atoms with Gasteiger partial charge in [0, 0.05) is 6.04 Å². The van der Waals surface area contributed by atoms with Crippen LogP contribution in [-0.4, -0.2) is 45.8 Å². The van der Waals surface area contributed by atoms with E-state index in [1.807, 2.05) is 17.0 Å². The minimum Gasteiger partial charge on any atom is -0.331 e. The number of hydrogen-bond acceptors (Lipinski definition) is 3. The first-order valence-corrected chi connectivity index (χ1v) is 10.6. The van der Waals surface area contributed by atoms with Crippen LogP contribution in [0.4, 0.5) is 4.79 Å². The van der Waals surface area contributed by atoms with Crippen molar-refractivity contribution in [3.05, 3.63) is 35.4 Å². The van der Waals surface area contributed by atoms with Gasteiger partial charge >= 0.3 is 6.03 Å². The topological polar surface area (TPSA) is 69.7 Å². The van der Waals surface area contributed by atoms with Crippen LogP contribution in [0.15, 0.2) is 24.3 Å². The van der Waals surface area contributed by atoms with Crippen LogP contribution >= 0.6 is 0 Å². The Morgan fingerprint density at radius 3 is 2.61 bits per heavy atom. The summed E-state index contributed by atoms with van der Waals surface area (Å²) in [6, 6.07) is 8.23. The van der Waals surface area contributed by atoms with Crippen LogP contribution in [0.5, 0.6) is 0 Å². The average molecular weight is 381 g/mol. The van der Waals surface area contributed by atoms with Gasteiger partial charge in [-0.05, 0) is 49.7 Å². The number of nitrogens with one attached hydrogen (secondary N) is 1. The number of benzene rings is 1. The molecule has 4 amide bonds. The van der Waals surface area contributed by atoms with Crippen LogP contribution in [0.3, 0.4) is 0 Å². The van der Waals surface area contributed by atoms with Crippen molar-refractivity contribution in [2.75, 3.05) is 6.54 Å². The summed E-state index contributed by atoms with van der Waals surface area (Å²) >= 11 is 0. The van der Waals surface area contributed by atoms with Gasteiger partial charge in [0.1, 0.15) is 12.1 Å². The van der Waals surface area contributed by atoms with E-state index in [4.69, 9.17) is 0 Å². The van der Waals surface area contributed by atoms with E-state index in [1.165, 1.54) is 16.0 Å². The molecule has 1 N–H and O–H groups in total. The molecule has 3 aliphatic carbocycles. The predicted octanol–water partition coefficient (Wildman–Crippen LogP) is 2.92. The van der Waals surface area contributed by atoms with Crippen molar-refractivity contribution < 1.29 is 14.4 Å². The summed E-state index contributed by atoms with van der Waals surface area (Å²) in [4.78, 5) is 42.0. The van der Waals surface area contributed by atoms with Crippen LogP contribution < -0.4 is 5.32 Å². The maximum Gasteiger partial charge on any atom is 0.325 e. The molecule has 1 spiro atoms. The zero-order chi connectivity index (χ0) is 19.3. The number of aryl methyl sites for hydroxylation is 1. The Kier molecular flexibility index (Phi) is 4.18. The Balaban J connectivity index is 1.35. The quantitative estimate of drug-likeness (QED) is 0.816. The SMILES string of the molecule is O=C1NC2(CCCCC2)C(=O)N1CC(=O)N(C1CC1)C1CCc2ccccc21. The standard InChI is InChI=1S/C22H27N3O3/c26-19(14-24-20(27)22(23-21(24)28)12-4-1-5-13-22)25(16-9-10-16)18-11-8-15-6-2-3-7-17(15)18/h2-3,6-7,16,18H,1,4-5,8-14H2,(H,23,28). The van der Waals surface area contributed by atoms with Gasteiger partial charge in [-0.2, -0.15) is 0 Å². The summed E-state index contributed by atoms with van der Waals surface area (Å²) in [5.74, 6) is -0.298. The van der Waals surface area contributed by atoms with Gasteiger partial charge in [0.15, 0.2) is 0 Å². The second kappa shape index (κ2) is 6.61. The lowest BCUT2D eigenvalue weighted by atomic mass is 9.82. The number of carbonyl (C=O) groups is 3. The van der Waals surface area contributed by atoms with Crippen molar-refractivity contribution in [1.29, 1.82) is 0 Å². The van der Waals surface area contributed by atoms with Gasteiger partial charge in [-0.15, -0.1) is 0 Å². The van der Waals surface area contributed by atoms with E-state index >= 15 is 0 Å². The zero-order valence-electron chi connectivity index (χ0n) is 16.2. The highest BCUT2D eigenvalue weighted by Gasteiger charge is 2.52. The van der Waals surface area contributed by atoms with Gasteiger partial charge in [-0.25, -0.2) is 4.79 Å². The number of rotatable bonds is 4. The highest BCUT2D eigenvalue weighted by atomic mass is 16.2. The van der Waals surface area contributed by atoms with E-state index < -0.39 is 11.6 Å². The summed E-state index contributed by atoms with van der Waals surface area (Å²) in [5.41, 5.74) is 1.77. The van der Waals surface area contributed by atoms with Gasteiger partial charge < -0.3 is 10.2 Å². The molecule has 148 valence electrons. The minimum atomic E-state index is -0.764. The molecule has 1 aromatic rings. The molecule has 4 aliphatic rings. The normalized spacial score (nSPS) is 25.7. The summed E-state index contributed by atoms with van der Waals surface area (Å²) in [6.45, 7) is -0.137. The monoisotopic (exact) mass is 381 g/mol. The summed E-state index contributed by atoms with van der Waals surface area (Å²) in [5, 5.41) is 2.91. The molecule has 0 radical (unpaired) electrons. The second-order valence-corrected chi connectivity index (χ2v) is 8.75. The smallest absolute Gasteiger partial charge is 0.325 e. The number of carbonyl (C=O) groups excluding carboxylic acids is 3. The molecule has 28 heavy (non-hydrogen) atoms. The van der Waals surface area contributed by atoms with Crippen LogP contribution in [0.1, 0.15) is 68.5 Å². The molecule has 1 unspecified atom stereocenters. The summed E-state index contributed by atoms with van der Waals surface area (Å²) < 4.78 is 0. The third kappa shape index (κ3) is 2.81. The fraction of sp³-hybridized carbons (Fsp3) is 0.591. The average Bonchev–Trinajstić information content (AvgIpc) is 3.41. The van der Waals surface area contributed by atoms with Crippen LogP contribution in [0.25, 0.3) is 0 Å². The Morgan fingerprint density at radius 1 is 1.11 bits per heavy atom. The van der Waals surface area contributed by atoms with Gasteiger partial charge in [-0.1, -0.05) is 43.5 Å². The highest BCUT2D eigenvalue weighted by Crippen LogP contribution is 2.42. The first-order valence-electron chi connectivity index (χ1n) is 10.6. The van der Waals surface area contributed by atoms with Crippen molar-refractivity contribution >= 4 is 17.8 Å². The lowest BCUT2D eigenvalue weighted by Gasteiger charge is -2.32. The van der Waals surface area contributed by atoms with Gasteiger partial charge in [0.05, 0.1) is 6.04 Å². The molecule has 1 heterocycles. The Bertz CT molecular complexity index is 826. The van der Waals surface area contributed by atoms with Crippen molar-refractivity contribution in [2.24, 2.45) is 0 Å². The van der Waals surface area contributed by atoms with Gasteiger partial charge in [-0.3, -0.25) is 14.5 Å². The Hall–Kier alpha value is -2.37. The third-order valence-corrected chi connectivity index (χ3v) is 6.91. The molecule has 0 aromatic heterocycles. The molecular formula is C22H27N3O3. The first-order chi connectivity index (χ1) is 13.6. The fourth-order valence-electron chi connectivity index (χ4n) is 5.34. The number of nitrogens with zero attached hydrogens (tertiary/aromatic N) is 2. The van der Waals surface area contributed by atoms with Gasteiger partial charge in [0.25, 0.3) is 5.91 Å². The lowest BCUT2D eigenvalue weighted by Crippen LogP contribution is -2.49. The summed E-state index contributed by atoms with van der Waals surface area (Å²) in [6.07, 6.45) is 8.27. The molecule has 6 heteroatoms. The van der Waals surface area contributed by atoms with E-state index in [0.29, 0.717) is 12.8 Å². The summed E-state index contributed by atoms with van der Waals surface area (Å²) in [7, 11) is 0. The van der Waals surface area contributed by atoms with Crippen LogP contribution in [0.2, 0.25) is 0 Å². The van der Waals surface area contributed by atoms with Crippen LogP contribution in [-0.2, 0) is 16.0 Å². The van der Waals surface area contributed by atoms with Crippen molar-refractivity contribution in [3.8, 4) is 0 Å². The Morgan fingerprint density at radius 2 is 1.86 bits per heavy atom. The maximum atomic E-state index is 13.3. The fourth-order valence-corrected chi connectivity index (χ4v) is 5.34. The largest absolute Gasteiger partial charge is 0.331 e. The molecule has 1 aromatic carbocycles. The van der Waals surface area contributed by atoms with E-state index in [-0.39, 0.29) is 30.4 Å².